The third kappa shape index (κ3) is 5.16. The van der Waals surface area contributed by atoms with Crippen LogP contribution >= 0.6 is 11.3 Å². The van der Waals surface area contributed by atoms with Crippen molar-refractivity contribution in [3.8, 4) is 5.75 Å². The molecule has 1 aromatic carbocycles. The van der Waals surface area contributed by atoms with Crippen LogP contribution in [-0.4, -0.2) is 17.6 Å². The van der Waals surface area contributed by atoms with E-state index in [0.717, 1.165) is 0 Å². The van der Waals surface area contributed by atoms with Gasteiger partial charge in [-0.15, -0.1) is 24.5 Å². The Balaban J connectivity index is 1.82. The normalized spacial score (nSPS) is 11.4. The molecule has 2 rings (SSSR count). The van der Waals surface area contributed by atoms with Gasteiger partial charge >= 0.3 is 6.36 Å². The molecule has 0 bridgehead atoms. The molecule has 112 valence electrons. The molecule has 0 spiro atoms. The lowest BCUT2D eigenvalue weighted by atomic mass is 10.2. The van der Waals surface area contributed by atoms with Crippen molar-refractivity contribution in [2.45, 2.75) is 19.6 Å². The van der Waals surface area contributed by atoms with E-state index in [1.165, 1.54) is 35.6 Å². The Morgan fingerprint density at radius 1 is 1.19 bits per heavy atom. The van der Waals surface area contributed by atoms with Crippen molar-refractivity contribution >= 4 is 17.6 Å². The van der Waals surface area contributed by atoms with Gasteiger partial charge in [-0.1, -0.05) is 12.1 Å². The van der Waals surface area contributed by atoms with Crippen molar-refractivity contribution in [1.29, 1.82) is 0 Å². The topological polar surface area (TPSA) is 48.4 Å². The first-order valence-corrected chi connectivity index (χ1v) is 6.66. The van der Waals surface area contributed by atoms with Crippen LogP contribution in [0, 0.1) is 0 Å². The van der Waals surface area contributed by atoms with Gasteiger partial charge in [-0.3, -0.25) is 4.79 Å². The summed E-state index contributed by atoms with van der Waals surface area (Å²) in [5.41, 5.74) is 1.06. The summed E-state index contributed by atoms with van der Waals surface area (Å²) in [6.45, 7) is 0.460. The molecule has 1 aromatic heterocycles. The number of aromatic nitrogens is 1. The van der Waals surface area contributed by atoms with Crippen molar-refractivity contribution in [1.82, 2.24) is 4.98 Å². The molecule has 0 atom stereocenters. The quantitative estimate of drug-likeness (QED) is 0.764. The zero-order valence-corrected chi connectivity index (χ0v) is 11.4. The number of carbonyl (C=O) groups is 1. The van der Waals surface area contributed by atoms with Gasteiger partial charge in [0.05, 0.1) is 13.2 Å². The number of rotatable bonds is 6. The summed E-state index contributed by atoms with van der Waals surface area (Å²) in [4.78, 5) is 14.5. The Kier molecular flexibility index (Phi) is 4.92. The smallest absolute Gasteiger partial charge is 0.406 e. The maximum atomic E-state index is 12.0. The van der Waals surface area contributed by atoms with Crippen LogP contribution in [0.3, 0.4) is 0 Å². The fourth-order valence-corrected chi connectivity index (χ4v) is 2.16. The molecule has 4 nitrogen and oxygen atoms in total. The number of hydrogen-bond acceptors (Lipinski definition) is 5. The number of ether oxygens (including phenoxy) is 2. The van der Waals surface area contributed by atoms with E-state index < -0.39 is 6.36 Å². The average Bonchev–Trinajstić information content (AvgIpc) is 2.87. The number of benzene rings is 1. The summed E-state index contributed by atoms with van der Waals surface area (Å²) < 4.78 is 45.1. The summed E-state index contributed by atoms with van der Waals surface area (Å²) in [5.74, 6) is -0.276. The first kappa shape index (κ1) is 15.5. The summed E-state index contributed by atoms with van der Waals surface area (Å²) in [7, 11) is 0. The maximum absolute atomic E-state index is 12.0. The number of carbonyl (C=O) groups excluding carboxylic acids is 1. The highest BCUT2D eigenvalue weighted by molar-refractivity contribution is 7.09. The molecule has 0 fully saturated rings. The van der Waals surface area contributed by atoms with Gasteiger partial charge in [0, 0.05) is 5.38 Å². The van der Waals surface area contributed by atoms with Crippen LogP contribution in [0.25, 0.3) is 0 Å². The lowest BCUT2D eigenvalue weighted by Gasteiger charge is -2.09. The fourth-order valence-electron chi connectivity index (χ4n) is 1.49. The van der Waals surface area contributed by atoms with E-state index in [9.17, 15) is 18.0 Å². The Bertz CT molecular complexity index is 595. The maximum Gasteiger partial charge on any atom is 0.573 e. The van der Waals surface area contributed by atoms with Gasteiger partial charge in [0.1, 0.15) is 16.5 Å². The first-order valence-electron chi connectivity index (χ1n) is 5.78. The summed E-state index contributed by atoms with van der Waals surface area (Å²) >= 11 is 1.31. The molecule has 0 radical (unpaired) electrons. The van der Waals surface area contributed by atoms with Crippen molar-refractivity contribution in [2.24, 2.45) is 0 Å². The van der Waals surface area contributed by atoms with Crippen LogP contribution in [0.5, 0.6) is 5.75 Å². The largest absolute Gasteiger partial charge is 0.573 e. The molecular weight excluding hydrogens is 307 g/mol. The zero-order chi connectivity index (χ0) is 15.3. The van der Waals surface area contributed by atoms with Crippen LogP contribution in [0.1, 0.15) is 21.1 Å². The van der Waals surface area contributed by atoms with E-state index in [1.54, 1.807) is 5.38 Å². The highest BCUT2D eigenvalue weighted by Crippen LogP contribution is 2.23. The number of alkyl halides is 3. The molecule has 8 heteroatoms. The van der Waals surface area contributed by atoms with Crippen LogP contribution in [0.2, 0.25) is 0 Å². The number of nitrogens with zero attached hydrogens (tertiary/aromatic N) is 1. The third-order valence-electron chi connectivity index (χ3n) is 2.34. The minimum absolute atomic E-state index is 0.225. The van der Waals surface area contributed by atoms with E-state index >= 15 is 0 Å². The molecule has 0 N–H and O–H groups in total. The molecule has 0 aliphatic heterocycles. The van der Waals surface area contributed by atoms with Crippen molar-refractivity contribution in [2.75, 3.05) is 0 Å². The first-order chi connectivity index (χ1) is 9.96. The van der Waals surface area contributed by atoms with Gasteiger partial charge in [-0.2, -0.15) is 0 Å². The summed E-state index contributed by atoms with van der Waals surface area (Å²) in [6, 6.07) is 5.42. The van der Waals surface area contributed by atoms with Crippen molar-refractivity contribution in [3.63, 3.8) is 0 Å². The van der Waals surface area contributed by atoms with Crippen LogP contribution in [-0.2, 0) is 18.0 Å². The molecule has 0 amide bonds. The van der Waals surface area contributed by atoms with Gasteiger partial charge in [-0.25, -0.2) is 4.98 Å². The average molecular weight is 317 g/mol. The van der Waals surface area contributed by atoms with Gasteiger partial charge in [0.25, 0.3) is 0 Å². The standard InChI is InChI=1S/C13H10F3NO3S/c14-13(15,16)20-11-3-1-9(2-4-11)6-19-7-12-17-10(5-18)8-21-12/h1-5,8H,6-7H2. The lowest BCUT2D eigenvalue weighted by molar-refractivity contribution is -0.274. The number of hydrogen-bond donors (Lipinski definition) is 0. The number of aldehydes is 1. The Hall–Kier alpha value is -1.93. The SMILES string of the molecule is O=Cc1csc(COCc2ccc(OC(F)(F)F)cc2)n1. The Morgan fingerprint density at radius 3 is 2.48 bits per heavy atom. The van der Waals surface area contributed by atoms with E-state index in [2.05, 4.69) is 9.72 Å². The minimum atomic E-state index is -4.70. The molecule has 0 saturated carbocycles. The zero-order valence-electron chi connectivity index (χ0n) is 10.6. The summed E-state index contributed by atoms with van der Waals surface area (Å²) in [6.07, 6.45) is -4.04. The molecule has 0 saturated heterocycles. The van der Waals surface area contributed by atoms with Gasteiger partial charge < -0.3 is 9.47 Å². The second-order valence-corrected chi connectivity index (χ2v) is 4.91. The van der Waals surface area contributed by atoms with Gasteiger partial charge in [0.15, 0.2) is 6.29 Å². The minimum Gasteiger partial charge on any atom is -0.406 e. The lowest BCUT2D eigenvalue weighted by Crippen LogP contribution is -2.17. The highest BCUT2D eigenvalue weighted by Gasteiger charge is 2.30. The van der Waals surface area contributed by atoms with Gasteiger partial charge in [0.2, 0.25) is 0 Å². The fraction of sp³-hybridized carbons (Fsp3) is 0.231. The Labute approximate surface area is 122 Å². The van der Waals surface area contributed by atoms with Crippen LogP contribution in [0.15, 0.2) is 29.6 Å². The Morgan fingerprint density at radius 2 is 1.90 bits per heavy atom. The van der Waals surface area contributed by atoms with E-state index in [1.807, 2.05) is 0 Å². The van der Waals surface area contributed by atoms with E-state index in [-0.39, 0.29) is 19.0 Å². The number of halogens is 3. The van der Waals surface area contributed by atoms with E-state index in [4.69, 9.17) is 4.74 Å². The third-order valence-corrected chi connectivity index (χ3v) is 3.18. The highest BCUT2D eigenvalue weighted by atomic mass is 32.1. The predicted molar refractivity (Wildman–Crippen MR) is 69.1 cm³/mol. The number of thiazole rings is 1. The van der Waals surface area contributed by atoms with Crippen molar-refractivity contribution < 1.29 is 27.4 Å². The van der Waals surface area contributed by atoms with Gasteiger partial charge in [-0.05, 0) is 17.7 Å². The second kappa shape index (κ2) is 6.68. The summed E-state index contributed by atoms with van der Waals surface area (Å²) in [5, 5.41) is 2.28. The molecular formula is C13H10F3NO3S. The predicted octanol–water partition coefficient (Wildman–Crippen LogP) is 3.57. The molecule has 1 heterocycles. The molecule has 2 aromatic rings. The molecule has 21 heavy (non-hydrogen) atoms. The molecule has 0 unspecified atom stereocenters. The molecule has 0 aliphatic carbocycles. The van der Waals surface area contributed by atoms with Crippen LogP contribution in [0.4, 0.5) is 13.2 Å². The monoisotopic (exact) mass is 317 g/mol. The van der Waals surface area contributed by atoms with Crippen LogP contribution < -0.4 is 4.74 Å². The second-order valence-electron chi connectivity index (χ2n) is 3.97. The van der Waals surface area contributed by atoms with E-state index in [0.29, 0.717) is 22.6 Å². The molecule has 0 aliphatic rings. The van der Waals surface area contributed by atoms with Crippen molar-refractivity contribution in [3.05, 3.63) is 45.9 Å².